The van der Waals surface area contributed by atoms with Crippen LogP contribution in [0.15, 0.2) is 87.9 Å². The number of cyclic esters (lactones) is 1. The van der Waals surface area contributed by atoms with Crippen LogP contribution in [0.25, 0.3) is 0 Å². The van der Waals surface area contributed by atoms with Gasteiger partial charge in [0.2, 0.25) is 0 Å². The first-order chi connectivity index (χ1) is 29.7. The molecule has 15 heteroatoms. The Morgan fingerprint density at radius 3 is 2.32 bits per heavy atom. The van der Waals surface area contributed by atoms with E-state index in [9.17, 15) is 35.1 Å². The van der Waals surface area contributed by atoms with E-state index in [1.807, 2.05) is 110 Å². The number of amides is 1. The Morgan fingerprint density at radius 1 is 0.984 bits per heavy atom. The summed E-state index contributed by atoms with van der Waals surface area (Å²) in [7, 11) is 3.10. The Labute approximate surface area is 377 Å². The van der Waals surface area contributed by atoms with Gasteiger partial charge in [-0.15, -0.1) is 11.3 Å². The molecule has 2 aliphatic heterocycles. The molecule has 2 aliphatic rings. The monoisotopic (exact) mass is 900 g/mol. The number of hydrogen-bond acceptors (Lipinski definition) is 14. The van der Waals surface area contributed by atoms with E-state index in [0.717, 1.165) is 22.3 Å². The smallest absolute Gasteiger partial charge is 0.407 e. The molecule has 1 amide bonds. The highest BCUT2D eigenvalue weighted by Crippen LogP contribution is 2.35. The van der Waals surface area contributed by atoms with Gasteiger partial charge in [-0.05, 0) is 59.0 Å². The van der Waals surface area contributed by atoms with E-state index in [4.69, 9.17) is 28.7 Å². The average Bonchev–Trinajstić information content (AvgIpc) is 3.72. The van der Waals surface area contributed by atoms with E-state index in [1.165, 1.54) is 18.4 Å². The number of carbonyl (C=O) groups excluding carboxylic acids is 2. The normalized spacial score (nSPS) is 31.7. The topological polar surface area (TPSA) is 206 Å². The van der Waals surface area contributed by atoms with Crippen molar-refractivity contribution in [3.8, 4) is 0 Å². The Morgan fingerprint density at radius 2 is 1.68 bits per heavy atom. The van der Waals surface area contributed by atoms with E-state index < -0.39 is 79.9 Å². The highest BCUT2D eigenvalue weighted by Gasteiger charge is 2.45. The summed E-state index contributed by atoms with van der Waals surface area (Å²) in [5, 5.41) is 57.7. The molecule has 3 rings (SSSR count). The number of carbonyl (C=O) groups is 2. The van der Waals surface area contributed by atoms with Crippen LogP contribution >= 0.6 is 11.3 Å². The standard InChI is InChI=1S/C48H72N2O12S/c1-26(2)20-38(61-48(57)49-11)45-50-35(25-63-45)44-31(7)15-13-14-30(6)43(58-12)34(10)36(52)19-17-27(3)21-29(5)22-33(9)37(23-28(4)16-18-32(8)46(56)62-44)59-47-42(55)41(54)40(53)39(24-51)60-47/h13-15,17-19,21-23,25-26,31,33-34,36-44,47,51-55H,16,20,24H2,1-12H3,(H,49,57). The summed E-state index contributed by atoms with van der Waals surface area (Å²) >= 11 is 1.33. The molecule has 14 nitrogen and oxygen atoms in total. The van der Waals surface area contributed by atoms with Gasteiger partial charge >= 0.3 is 12.1 Å². The molecule has 6 N–H and O–H groups in total. The van der Waals surface area contributed by atoms with Gasteiger partial charge in [0.25, 0.3) is 0 Å². The molecule has 0 bridgehead atoms. The predicted molar refractivity (Wildman–Crippen MR) is 243 cm³/mol. The molecule has 352 valence electrons. The minimum absolute atomic E-state index is 0.203. The molecule has 0 saturated carbocycles. The first kappa shape index (κ1) is 53.6. The van der Waals surface area contributed by atoms with Crippen molar-refractivity contribution in [1.29, 1.82) is 0 Å². The van der Waals surface area contributed by atoms with Gasteiger partial charge in [0.05, 0.1) is 30.6 Å². The van der Waals surface area contributed by atoms with Crippen LogP contribution in [-0.4, -0.2) is 112 Å². The molecule has 0 aromatic carbocycles. The van der Waals surface area contributed by atoms with Crippen LogP contribution in [0.1, 0.15) is 105 Å². The minimum atomic E-state index is -1.62. The number of nitrogens with zero attached hydrogens (tertiary/aromatic N) is 1. The lowest BCUT2D eigenvalue weighted by Crippen LogP contribution is -2.59. The summed E-state index contributed by atoms with van der Waals surface area (Å²) < 4.78 is 29.8. The van der Waals surface area contributed by atoms with Crippen molar-refractivity contribution < 1.29 is 58.8 Å². The number of thiazole rings is 1. The summed E-state index contributed by atoms with van der Waals surface area (Å²) in [6.45, 7) is 18.6. The van der Waals surface area contributed by atoms with Crippen molar-refractivity contribution in [3.63, 3.8) is 0 Å². The van der Waals surface area contributed by atoms with Crippen LogP contribution < -0.4 is 5.32 Å². The lowest BCUT2D eigenvalue weighted by Gasteiger charge is -2.41. The minimum Gasteiger partial charge on any atom is -0.452 e. The van der Waals surface area contributed by atoms with Crippen LogP contribution in [0, 0.1) is 23.7 Å². The third kappa shape index (κ3) is 16.0. The zero-order valence-electron chi connectivity index (χ0n) is 38.9. The summed E-state index contributed by atoms with van der Waals surface area (Å²) in [5.41, 5.74) is 4.32. The second-order valence-corrected chi connectivity index (χ2v) is 18.2. The second kappa shape index (κ2) is 25.6. The third-order valence-corrected chi connectivity index (χ3v) is 12.1. The Bertz CT molecular complexity index is 1860. The number of methoxy groups -OCH3 is 1. The van der Waals surface area contributed by atoms with Crippen molar-refractivity contribution in [2.24, 2.45) is 23.7 Å². The summed E-state index contributed by atoms with van der Waals surface area (Å²) in [4.78, 5) is 31.0. The van der Waals surface area contributed by atoms with Crippen LogP contribution in [0.3, 0.4) is 0 Å². The number of aromatic nitrogens is 1. The number of aliphatic hydroxyl groups excluding tert-OH is 5. The molecule has 0 radical (unpaired) electrons. The Kier molecular flexibility index (Phi) is 21.8. The lowest BCUT2D eigenvalue weighted by atomic mass is 9.91. The number of aliphatic hydroxyl groups is 5. The first-order valence-electron chi connectivity index (χ1n) is 21.7. The van der Waals surface area contributed by atoms with E-state index in [2.05, 4.69) is 5.32 Å². The SMILES string of the molecule is CNC(=O)OC(CC(C)C)c1nc(C2OC(=O)C(C)=CCC(C)=CC(OC3OC(CO)C(O)C(O)C3O)C(C)C=C(C)C=C(C)C=CC(O)C(C)C(OC)C(C)=CC=CC2C)cs1. The molecular formula is C48H72N2O12S. The molecular weight excluding hydrogens is 829 g/mol. The molecule has 0 aliphatic carbocycles. The Hall–Kier alpha value is -3.77. The van der Waals surface area contributed by atoms with Gasteiger partial charge in [0.15, 0.2) is 18.5 Å². The predicted octanol–water partition coefficient (Wildman–Crippen LogP) is 6.89. The van der Waals surface area contributed by atoms with Crippen LogP contribution in [0.5, 0.6) is 0 Å². The number of allylic oxidation sites excluding steroid dienone is 8. The van der Waals surface area contributed by atoms with Crippen LogP contribution in [-0.2, 0) is 28.5 Å². The van der Waals surface area contributed by atoms with Gasteiger partial charge in [0.1, 0.15) is 29.4 Å². The summed E-state index contributed by atoms with van der Waals surface area (Å²) in [5.74, 6) is -1.36. The summed E-state index contributed by atoms with van der Waals surface area (Å²) in [6.07, 6.45) is 6.49. The van der Waals surface area contributed by atoms with Crippen molar-refractivity contribution in [1.82, 2.24) is 10.3 Å². The Balaban J connectivity index is 2.13. The largest absolute Gasteiger partial charge is 0.452 e. The molecule has 1 aromatic rings. The van der Waals surface area contributed by atoms with Crippen molar-refractivity contribution in [2.45, 2.75) is 143 Å². The zero-order valence-corrected chi connectivity index (χ0v) is 39.7. The van der Waals surface area contributed by atoms with Crippen LogP contribution in [0.4, 0.5) is 4.79 Å². The fraction of sp³-hybridized carbons (Fsp3) is 0.604. The van der Waals surface area contributed by atoms with Crippen molar-refractivity contribution in [2.75, 3.05) is 20.8 Å². The molecule has 1 saturated heterocycles. The van der Waals surface area contributed by atoms with Crippen molar-refractivity contribution >= 4 is 23.4 Å². The number of ether oxygens (including phenoxy) is 5. The highest BCUT2D eigenvalue weighted by atomic mass is 32.1. The van der Waals surface area contributed by atoms with Gasteiger partial charge in [0, 0.05) is 42.9 Å². The van der Waals surface area contributed by atoms with Gasteiger partial charge in [-0.25, -0.2) is 14.6 Å². The second-order valence-electron chi connectivity index (χ2n) is 17.3. The van der Waals surface area contributed by atoms with Gasteiger partial charge < -0.3 is 54.5 Å². The number of rotatable bonds is 9. The summed E-state index contributed by atoms with van der Waals surface area (Å²) in [6, 6.07) is 0. The van der Waals surface area contributed by atoms with E-state index in [1.54, 1.807) is 26.2 Å². The molecule has 0 spiro atoms. The lowest BCUT2D eigenvalue weighted by molar-refractivity contribution is -0.309. The molecule has 13 unspecified atom stereocenters. The number of esters is 1. The molecule has 63 heavy (non-hydrogen) atoms. The molecule has 1 aromatic heterocycles. The maximum absolute atomic E-state index is 13.9. The zero-order chi connectivity index (χ0) is 47.1. The fourth-order valence-corrected chi connectivity index (χ4v) is 8.28. The van der Waals surface area contributed by atoms with Crippen LogP contribution in [0.2, 0.25) is 0 Å². The van der Waals surface area contributed by atoms with Gasteiger partial charge in [-0.3, -0.25) is 0 Å². The molecule has 1 fully saturated rings. The number of hydrogen-bond donors (Lipinski definition) is 6. The maximum Gasteiger partial charge on any atom is 0.407 e. The molecule has 13 atom stereocenters. The molecule has 3 heterocycles. The van der Waals surface area contributed by atoms with E-state index in [-0.39, 0.29) is 23.7 Å². The highest BCUT2D eigenvalue weighted by molar-refractivity contribution is 7.09. The first-order valence-corrected chi connectivity index (χ1v) is 22.5. The van der Waals surface area contributed by atoms with Crippen molar-refractivity contribution in [3.05, 3.63) is 98.6 Å². The number of alkyl carbamates (subject to hydrolysis) is 1. The third-order valence-electron chi connectivity index (χ3n) is 11.1. The van der Waals surface area contributed by atoms with E-state index in [0.29, 0.717) is 29.1 Å². The van der Waals surface area contributed by atoms with Gasteiger partial charge in [-0.1, -0.05) is 106 Å². The van der Waals surface area contributed by atoms with Gasteiger partial charge in [-0.2, -0.15) is 0 Å². The maximum atomic E-state index is 13.9. The average molecular weight is 901 g/mol. The quantitative estimate of drug-likeness (QED) is 0.111. The van der Waals surface area contributed by atoms with E-state index >= 15 is 0 Å². The number of nitrogens with one attached hydrogen (secondary N) is 1. The fourth-order valence-electron chi connectivity index (χ4n) is 7.40.